The molecule has 6 nitrogen and oxygen atoms in total. The van der Waals surface area contributed by atoms with Crippen LogP contribution in [0.1, 0.15) is 0 Å². The highest BCUT2D eigenvalue weighted by molar-refractivity contribution is 7.99. The summed E-state index contributed by atoms with van der Waals surface area (Å²) in [7, 11) is 0. The van der Waals surface area contributed by atoms with E-state index in [0.717, 1.165) is 11.0 Å². The Morgan fingerprint density at radius 1 is 1.33 bits per heavy atom. The van der Waals surface area contributed by atoms with E-state index in [1.807, 2.05) is 6.07 Å². The number of imidazole rings is 1. The average molecular weight is 320 g/mol. The first kappa shape index (κ1) is 13.8. The van der Waals surface area contributed by atoms with E-state index in [1.165, 1.54) is 11.8 Å². The molecule has 0 bridgehead atoms. The van der Waals surface area contributed by atoms with Crippen LogP contribution in [0.25, 0.3) is 11.0 Å². The van der Waals surface area contributed by atoms with Crippen molar-refractivity contribution < 1.29 is 4.79 Å². The zero-order valence-electron chi connectivity index (χ0n) is 10.7. The normalized spacial score (nSPS) is 10.7. The van der Waals surface area contributed by atoms with Crippen LogP contribution < -0.4 is 5.32 Å². The van der Waals surface area contributed by atoms with E-state index in [9.17, 15) is 4.79 Å². The van der Waals surface area contributed by atoms with Gasteiger partial charge in [0, 0.05) is 17.4 Å². The highest BCUT2D eigenvalue weighted by Gasteiger charge is 2.08. The van der Waals surface area contributed by atoms with Gasteiger partial charge < -0.3 is 4.98 Å². The smallest absolute Gasteiger partial charge is 0.237 e. The molecule has 2 N–H and O–H groups in total. The van der Waals surface area contributed by atoms with Crippen LogP contribution in [-0.2, 0) is 4.79 Å². The van der Waals surface area contributed by atoms with Gasteiger partial charge in [0.25, 0.3) is 0 Å². The van der Waals surface area contributed by atoms with Crippen LogP contribution in [0.4, 0.5) is 5.95 Å². The molecule has 0 fully saturated rings. The number of rotatable bonds is 4. The van der Waals surface area contributed by atoms with Crippen LogP contribution in [0.2, 0.25) is 5.02 Å². The molecule has 0 saturated carbocycles. The van der Waals surface area contributed by atoms with Crippen molar-refractivity contribution >= 4 is 46.3 Å². The number of anilines is 1. The Bertz CT molecular complexity index is 777. The van der Waals surface area contributed by atoms with E-state index in [4.69, 9.17) is 11.6 Å². The predicted octanol–water partition coefficient (Wildman–Crippen LogP) is 2.74. The van der Waals surface area contributed by atoms with Crippen molar-refractivity contribution in [2.75, 3.05) is 11.1 Å². The Morgan fingerprint density at radius 3 is 2.95 bits per heavy atom. The maximum absolute atomic E-state index is 11.8. The van der Waals surface area contributed by atoms with E-state index in [2.05, 4.69) is 25.3 Å². The Balaban J connectivity index is 1.62. The number of carbonyl (C=O) groups excluding carboxylic acids is 1. The Labute approximate surface area is 129 Å². The third kappa shape index (κ3) is 3.50. The summed E-state index contributed by atoms with van der Waals surface area (Å²) in [4.78, 5) is 27.1. The second kappa shape index (κ2) is 6.11. The molecule has 0 unspecified atom stereocenters. The van der Waals surface area contributed by atoms with Gasteiger partial charge in [0.15, 0.2) is 5.16 Å². The zero-order chi connectivity index (χ0) is 14.7. The fraction of sp³-hybridized carbons (Fsp3) is 0.0769. The van der Waals surface area contributed by atoms with Crippen molar-refractivity contribution in [3.63, 3.8) is 0 Å². The molecule has 0 aliphatic rings. The minimum atomic E-state index is -0.190. The molecule has 0 aliphatic carbocycles. The van der Waals surface area contributed by atoms with Crippen molar-refractivity contribution in [3.8, 4) is 0 Å². The third-order valence-corrected chi connectivity index (χ3v) is 3.69. The lowest BCUT2D eigenvalue weighted by atomic mass is 10.3. The fourth-order valence-corrected chi connectivity index (χ4v) is 2.54. The lowest BCUT2D eigenvalue weighted by Gasteiger charge is -2.01. The van der Waals surface area contributed by atoms with Gasteiger partial charge in [-0.05, 0) is 24.3 Å². The van der Waals surface area contributed by atoms with Crippen LogP contribution in [-0.4, -0.2) is 31.6 Å². The number of benzene rings is 1. The van der Waals surface area contributed by atoms with Gasteiger partial charge in [-0.15, -0.1) is 0 Å². The standard InChI is InChI=1S/C13H10ClN5OS/c14-8-2-3-9-10(6-8)18-13(17-9)21-7-11(20)19-12-15-4-1-5-16-12/h1-6H,7H2,(H,17,18)(H,15,16,19,20). The van der Waals surface area contributed by atoms with Crippen LogP contribution in [0, 0.1) is 0 Å². The number of thioether (sulfide) groups is 1. The SMILES string of the molecule is O=C(CSc1nc2ccc(Cl)cc2[nH]1)Nc1ncccn1. The quantitative estimate of drug-likeness (QED) is 0.722. The minimum absolute atomic E-state index is 0.190. The molecule has 106 valence electrons. The van der Waals surface area contributed by atoms with E-state index >= 15 is 0 Å². The molecule has 0 spiro atoms. The number of nitrogens with one attached hydrogen (secondary N) is 2. The van der Waals surface area contributed by atoms with Gasteiger partial charge in [-0.3, -0.25) is 10.1 Å². The first-order valence-electron chi connectivity index (χ1n) is 6.05. The van der Waals surface area contributed by atoms with Gasteiger partial charge in [-0.25, -0.2) is 15.0 Å². The van der Waals surface area contributed by atoms with Crippen LogP contribution in [0.3, 0.4) is 0 Å². The number of carbonyl (C=O) groups is 1. The topological polar surface area (TPSA) is 83.6 Å². The molecule has 3 rings (SSSR count). The van der Waals surface area contributed by atoms with Crippen LogP contribution >= 0.6 is 23.4 Å². The number of fused-ring (bicyclic) bond motifs is 1. The molecule has 1 amide bonds. The van der Waals surface area contributed by atoms with Crippen molar-refractivity contribution in [1.29, 1.82) is 0 Å². The maximum Gasteiger partial charge on any atom is 0.237 e. The van der Waals surface area contributed by atoms with Crippen molar-refractivity contribution in [1.82, 2.24) is 19.9 Å². The molecule has 3 aromatic rings. The summed E-state index contributed by atoms with van der Waals surface area (Å²) >= 11 is 7.22. The van der Waals surface area contributed by atoms with Gasteiger partial charge in [0.1, 0.15) is 0 Å². The predicted molar refractivity (Wildman–Crippen MR) is 82.5 cm³/mol. The molecular formula is C13H10ClN5OS. The largest absolute Gasteiger partial charge is 0.333 e. The maximum atomic E-state index is 11.8. The molecule has 2 heterocycles. The minimum Gasteiger partial charge on any atom is -0.333 e. The highest BCUT2D eigenvalue weighted by atomic mass is 35.5. The number of nitrogens with zero attached hydrogens (tertiary/aromatic N) is 3. The first-order chi connectivity index (χ1) is 10.2. The molecule has 0 saturated heterocycles. The molecule has 0 aliphatic heterocycles. The van der Waals surface area contributed by atoms with E-state index in [0.29, 0.717) is 16.1 Å². The molecule has 21 heavy (non-hydrogen) atoms. The number of halogens is 1. The van der Waals surface area contributed by atoms with Crippen LogP contribution in [0.5, 0.6) is 0 Å². The summed E-state index contributed by atoms with van der Waals surface area (Å²) < 4.78 is 0. The van der Waals surface area contributed by atoms with E-state index < -0.39 is 0 Å². The number of hydrogen-bond acceptors (Lipinski definition) is 5. The first-order valence-corrected chi connectivity index (χ1v) is 7.42. The molecule has 8 heteroatoms. The van der Waals surface area contributed by atoms with Crippen molar-refractivity contribution in [2.45, 2.75) is 5.16 Å². The molecular weight excluding hydrogens is 310 g/mol. The second-order valence-electron chi connectivity index (χ2n) is 4.11. The van der Waals surface area contributed by atoms with E-state index in [-0.39, 0.29) is 11.7 Å². The molecule has 2 aromatic heterocycles. The summed E-state index contributed by atoms with van der Waals surface area (Å²) in [6.07, 6.45) is 3.14. The van der Waals surface area contributed by atoms with Gasteiger partial charge in [0.05, 0.1) is 16.8 Å². The van der Waals surface area contributed by atoms with Crippen LogP contribution in [0.15, 0.2) is 41.8 Å². The monoisotopic (exact) mass is 319 g/mol. The fourth-order valence-electron chi connectivity index (χ4n) is 1.69. The molecule has 0 atom stereocenters. The average Bonchev–Trinajstić information content (AvgIpc) is 2.88. The third-order valence-electron chi connectivity index (χ3n) is 2.58. The lowest BCUT2D eigenvalue weighted by molar-refractivity contribution is -0.113. The number of aromatic amines is 1. The highest BCUT2D eigenvalue weighted by Crippen LogP contribution is 2.22. The summed E-state index contributed by atoms with van der Waals surface area (Å²) in [6, 6.07) is 7.09. The van der Waals surface area contributed by atoms with Crippen molar-refractivity contribution in [2.24, 2.45) is 0 Å². The Morgan fingerprint density at radius 2 is 2.14 bits per heavy atom. The van der Waals surface area contributed by atoms with E-state index in [1.54, 1.807) is 30.6 Å². The number of amides is 1. The lowest BCUT2D eigenvalue weighted by Crippen LogP contribution is -2.15. The molecule has 0 radical (unpaired) electrons. The number of aromatic nitrogens is 4. The Kier molecular flexibility index (Phi) is 4.03. The zero-order valence-corrected chi connectivity index (χ0v) is 12.3. The van der Waals surface area contributed by atoms with Gasteiger partial charge in [0.2, 0.25) is 11.9 Å². The Hall–Kier alpha value is -2.12. The summed E-state index contributed by atoms with van der Waals surface area (Å²) in [5.41, 5.74) is 1.66. The van der Waals surface area contributed by atoms with Gasteiger partial charge in [-0.2, -0.15) is 0 Å². The van der Waals surface area contributed by atoms with Gasteiger partial charge in [-0.1, -0.05) is 23.4 Å². The summed E-state index contributed by atoms with van der Waals surface area (Å²) in [5.74, 6) is 0.315. The number of hydrogen-bond donors (Lipinski definition) is 2. The number of H-pyrrole nitrogens is 1. The van der Waals surface area contributed by atoms with Crippen molar-refractivity contribution in [3.05, 3.63) is 41.7 Å². The summed E-state index contributed by atoms with van der Waals surface area (Å²) in [5, 5.41) is 3.91. The van der Waals surface area contributed by atoms with Gasteiger partial charge >= 0.3 is 0 Å². The second-order valence-corrected chi connectivity index (χ2v) is 5.51. The molecule has 1 aromatic carbocycles. The summed E-state index contributed by atoms with van der Waals surface area (Å²) in [6.45, 7) is 0.